The number of imidazole rings is 1. The van der Waals surface area contributed by atoms with E-state index in [9.17, 15) is 4.39 Å². The maximum absolute atomic E-state index is 13.7. The highest BCUT2D eigenvalue weighted by molar-refractivity contribution is 9.10. The number of nitrogens with zero attached hydrogens (tertiary/aromatic N) is 2. The fraction of sp³-hybridized carbons (Fsp3) is 0.400. The molecule has 2 aromatic rings. The highest BCUT2D eigenvalue weighted by atomic mass is 79.9. The van der Waals surface area contributed by atoms with Crippen molar-refractivity contribution in [2.45, 2.75) is 38.3 Å². The first kappa shape index (κ1) is 13.8. The SMILES string of the molecule is CC1CCCC(c2cncn2-c2ccc(Br)c(F)c2)N1. The zero-order chi connectivity index (χ0) is 14.1. The molecule has 2 atom stereocenters. The third-order valence-electron chi connectivity index (χ3n) is 3.82. The van der Waals surface area contributed by atoms with E-state index in [0.29, 0.717) is 10.5 Å². The highest BCUT2D eigenvalue weighted by Crippen LogP contribution is 2.28. The maximum atomic E-state index is 13.7. The number of aromatic nitrogens is 2. The van der Waals surface area contributed by atoms with Crippen LogP contribution in [-0.4, -0.2) is 15.6 Å². The van der Waals surface area contributed by atoms with Gasteiger partial charge >= 0.3 is 0 Å². The Morgan fingerprint density at radius 2 is 2.25 bits per heavy atom. The molecule has 1 aromatic heterocycles. The summed E-state index contributed by atoms with van der Waals surface area (Å²) in [6.07, 6.45) is 7.12. The molecule has 106 valence electrons. The summed E-state index contributed by atoms with van der Waals surface area (Å²) in [5, 5.41) is 3.59. The zero-order valence-corrected chi connectivity index (χ0v) is 12.9. The third kappa shape index (κ3) is 2.65. The summed E-state index contributed by atoms with van der Waals surface area (Å²) in [7, 11) is 0. The molecular formula is C15H17BrFN3. The van der Waals surface area contributed by atoms with Crippen molar-refractivity contribution in [1.29, 1.82) is 0 Å². The Balaban J connectivity index is 1.95. The molecule has 1 saturated heterocycles. The Kier molecular flexibility index (Phi) is 3.89. The lowest BCUT2D eigenvalue weighted by atomic mass is 9.97. The second-order valence-corrected chi connectivity index (χ2v) is 6.19. The van der Waals surface area contributed by atoms with Crippen LogP contribution in [0, 0.1) is 5.82 Å². The Labute approximate surface area is 126 Å². The first-order chi connectivity index (χ1) is 9.65. The largest absolute Gasteiger partial charge is 0.306 e. The van der Waals surface area contributed by atoms with E-state index >= 15 is 0 Å². The maximum Gasteiger partial charge on any atom is 0.139 e. The number of benzene rings is 1. The number of hydrogen-bond donors (Lipinski definition) is 1. The van der Waals surface area contributed by atoms with Crippen LogP contribution in [0.3, 0.4) is 0 Å². The molecule has 3 rings (SSSR count). The Hall–Kier alpha value is -1.20. The van der Waals surface area contributed by atoms with Crippen LogP contribution in [0.4, 0.5) is 4.39 Å². The summed E-state index contributed by atoms with van der Waals surface area (Å²) < 4.78 is 16.2. The lowest BCUT2D eigenvalue weighted by Gasteiger charge is -2.29. The monoisotopic (exact) mass is 337 g/mol. The number of nitrogens with one attached hydrogen (secondary N) is 1. The Morgan fingerprint density at radius 3 is 3.00 bits per heavy atom. The summed E-state index contributed by atoms with van der Waals surface area (Å²) in [4.78, 5) is 4.24. The zero-order valence-electron chi connectivity index (χ0n) is 11.3. The molecule has 0 saturated carbocycles. The highest BCUT2D eigenvalue weighted by Gasteiger charge is 2.22. The molecule has 3 nitrogen and oxygen atoms in total. The Bertz CT molecular complexity index is 611. The minimum atomic E-state index is -0.257. The van der Waals surface area contributed by atoms with E-state index in [0.717, 1.165) is 17.8 Å². The predicted octanol–water partition coefficient (Wildman–Crippen LogP) is 3.98. The number of piperidine rings is 1. The number of rotatable bonds is 2. The van der Waals surface area contributed by atoms with Gasteiger partial charge in [-0.05, 0) is 60.3 Å². The molecule has 2 heterocycles. The third-order valence-corrected chi connectivity index (χ3v) is 4.46. The van der Waals surface area contributed by atoms with E-state index < -0.39 is 0 Å². The Morgan fingerprint density at radius 1 is 1.40 bits per heavy atom. The van der Waals surface area contributed by atoms with Crippen molar-refractivity contribution in [3.05, 3.63) is 46.7 Å². The van der Waals surface area contributed by atoms with Crippen LogP contribution in [0.5, 0.6) is 0 Å². The van der Waals surface area contributed by atoms with Crippen molar-refractivity contribution < 1.29 is 4.39 Å². The molecule has 1 aliphatic rings. The summed E-state index contributed by atoms with van der Waals surface area (Å²) in [6, 6.07) is 5.95. The van der Waals surface area contributed by atoms with Crippen LogP contribution < -0.4 is 5.32 Å². The van der Waals surface area contributed by atoms with Gasteiger partial charge in [-0.25, -0.2) is 9.37 Å². The fourth-order valence-corrected chi connectivity index (χ4v) is 3.03. The second-order valence-electron chi connectivity index (χ2n) is 5.34. The van der Waals surface area contributed by atoms with Crippen LogP contribution >= 0.6 is 15.9 Å². The van der Waals surface area contributed by atoms with Crippen molar-refractivity contribution in [1.82, 2.24) is 14.9 Å². The van der Waals surface area contributed by atoms with Gasteiger partial charge in [0.15, 0.2) is 0 Å². The van der Waals surface area contributed by atoms with Gasteiger partial charge < -0.3 is 9.88 Å². The molecule has 5 heteroatoms. The molecule has 1 aliphatic heterocycles. The molecule has 1 aromatic carbocycles. The molecule has 0 aliphatic carbocycles. The van der Waals surface area contributed by atoms with E-state index in [4.69, 9.17) is 0 Å². The molecule has 1 fully saturated rings. The van der Waals surface area contributed by atoms with Crippen molar-refractivity contribution in [3.8, 4) is 5.69 Å². The van der Waals surface area contributed by atoms with Crippen molar-refractivity contribution in [3.63, 3.8) is 0 Å². The summed E-state index contributed by atoms with van der Waals surface area (Å²) >= 11 is 3.18. The van der Waals surface area contributed by atoms with Gasteiger partial charge in [-0.1, -0.05) is 0 Å². The van der Waals surface area contributed by atoms with Gasteiger partial charge in [0.1, 0.15) is 5.82 Å². The van der Waals surface area contributed by atoms with Crippen LogP contribution in [0.2, 0.25) is 0 Å². The first-order valence-electron chi connectivity index (χ1n) is 6.89. The van der Waals surface area contributed by atoms with Crippen LogP contribution in [-0.2, 0) is 0 Å². The van der Waals surface area contributed by atoms with E-state index in [1.165, 1.54) is 18.9 Å². The van der Waals surface area contributed by atoms with Gasteiger partial charge in [0.25, 0.3) is 0 Å². The van der Waals surface area contributed by atoms with E-state index in [2.05, 4.69) is 33.2 Å². The molecule has 0 radical (unpaired) electrons. The van der Waals surface area contributed by atoms with Gasteiger partial charge in [0.05, 0.1) is 22.7 Å². The smallest absolute Gasteiger partial charge is 0.139 e. The minimum Gasteiger partial charge on any atom is -0.306 e. The molecule has 0 spiro atoms. The van der Waals surface area contributed by atoms with Crippen LogP contribution in [0.25, 0.3) is 5.69 Å². The standard InChI is InChI=1S/C15H17BrFN3/c1-10-3-2-4-14(19-10)15-8-18-9-20(15)11-5-6-12(16)13(17)7-11/h5-10,14,19H,2-4H2,1H3. The molecule has 1 N–H and O–H groups in total. The summed E-state index contributed by atoms with van der Waals surface area (Å²) in [5.41, 5.74) is 1.90. The quantitative estimate of drug-likeness (QED) is 0.898. The minimum absolute atomic E-state index is 0.257. The van der Waals surface area contributed by atoms with Gasteiger partial charge in [0.2, 0.25) is 0 Å². The molecule has 2 unspecified atom stereocenters. The summed E-state index contributed by atoms with van der Waals surface area (Å²) in [6.45, 7) is 2.20. The molecule has 0 amide bonds. The van der Waals surface area contributed by atoms with E-state index in [-0.39, 0.29) is 11.9 Å². The van der Waals surface area contributed by atoms with Gasteiger partial charge in [-0.3, -0.25) is 0 Å². The average Bonchev–Trinajstić information content (AvgIpc) is 2.91. The fourth-order valence-electron chi connectivity index (χ4n) is 2.79. The predicted molar refractivity (Wildman–Crippen MR) is 80.4 cm³/mol. The molecule has 0 bridgehead atoms. The van der Waals surface area contributed by atoms with Crippen molar-refractivity contribution in [2.24, 2.45) is 0 Å². The first-order valence-corrected chi connectivity index (χ1v) is 7.68. The lowest BCUT2D eigenvalue weighted by Crippen LogP contribution is -2.35. The molecule has 20 heavy (non-hydrogen) atoms. The number of halogens is 2. The number of hydrogen-bond acceptors (Lipinski definition) is 2. The van der Waals surface area contributed by atoms with E-state index in [1.807, 2.05) is 16.8 Å². The lowest BCUT2D eigenvalue weighted by molar-refractivity contribution is 0.334. The van der Waals surface area contributed by atoms with E-state index in [1.54, 1.807) is 12.4 Å². The van der Waals surface area contributed by atoms with Crippen LogP contribution in [0.1, 0.15) is 37.9 Å². The van der Waals surface area contributed by atoms with Gasteiger partial charge in [0, 0.05) is 17.8 Å². The van der Waals surface area contributed by atoms with Crippen LogP contribution in [0.15, 0.2) is 35.2 Å². The topological polar surface area (TPSA) is 29.9 Å². The summed E-state index contributed by atoms with van der Waals surface area (Å²) in [5.74, 6) is -0.257. The second kappa shape index (κ2) is 5.66. The van der Waals surface area contributed by atoms with Crippen molar-refractivity contribution in [2.75, 3.05) is 0 Å². The average molecular weight is 338 g/mol. The van der Waals surface area contributed by atoms with Gasteiger partial charge in [-0.2, -0.15) is 0 Å². The normalized spacial score (nSPS) is 22.9. The van der Waals surface area contributed by atoms with Gasteiger partial charge in [-0.15, -0.1) is 0 Å². The molecular weight excluding hydrogens is 321 g/mol. The van der Waals surface area contributed by atoms with Crippen molar-refractivity contribution >= 4 is 15.9 Å².